The molecule has 0 unspecified atom stereocenters. The van der Waals surface area contributed by atoms with Crippen LogP contribution in [0.5, 0.6) is 0 Å². The molecule has 66 valence electrons. The second-order valence-corrected chi connectivity index (χ2v) is 3.20. The molecule has 4 nitrogen and oxygen atoms in total. The summed E-state index contributed by atoms with van der Waals surface area (Å²) in [6, 6.07) is 0. The molecule has 0 heterocycles. The molecule has 0 atom stereocenters. The van der Waals surface area contributed by atoms with Gasteiger partial charge in [-0.25, -0.2) is 0 Å². The Morgan fingerprint density at radius 3 is 2.09 bits per heavy atom. The van der Waals surface area contributed by atoms with Crippen molar-refractivity contribution in [1.82, 2.24) is 0 Å². The fourth-order valence-corrected chi connectivity index (χ4v) is 1.57. The van der Waals surface area contributed by atoms with Crippen LogP contribution in [0, 0.1) is 0 Å². The predicted octanol–water partition coefficient (Wildman–Crippen LogP) is 0.121. The highest BCUT2D eigenvalue weighted by Gasteiger charge is 2.08. The third kappa shape index (κ3) is 6.23. The quantitative estimate of drug-likeness (QED) is 0.543. The Morgan fingerprint density at radius 2 is 1.82 bits per heavy atom. The molecule has 0 aliphatic rings. The van der Waals surface area contributed by atoms with Crippen LogP contribution in [0.4, 0.5) is 0 Å². The molecule has 0 N–H and O–H groups in total. The SMILES string of the molecule is CCOP(CC(=O)[O-])OCC. The highest BCUT2D eigenvalue weighted by molar-refractivity contribution is 7.48. The molecule has 0 radical (unpaired) electrons. The molecule has 0 bridgehead atoms. The van der Waals surface area contributed by atoms with Crippen LogP contribution in [0.15, 0.2) is 0 Å². The van der Waals surface area contributed by atoms with Crippen molar-refractivity contribution in [3.8, 4) is 0 Å². The summed E-state index contributed by atoms with van der Waals surface area (Å²) in [5.74, 6) is -1.13. The van der Waals surface area contributed by atoms with Gasteiger partial charge in [-0.2, -0.15) is 0 Å². The first-order valence-electron chi connectivity index (χ1n) is 3.43. The van der Waals surface area contributed by atoms with E-state index in [0.717, 1.165) is 0 Å². The Morgan fingerprint density at radius 1 is 1.36 bits per heavy atom. The van der Waals surface area contributed by atoms with Crippen LogP contribution in [0.25, 0.3) is 0 Å². The Kier molecular flexibility index (Phi) is 6.42. The topological polar surface area (TPSA) is 58.6 Å². The van der Waals surface area contributed by atoms with E-state index in [1.54, 1.807) is 13.8 Å². The first-order chi connectivity index (χ1) is 5.20. The highest BCUT2D eigenvalue weighted by atomic mass is 31.2. The molecular formula is C6H12O4P-. The normalized spacial score (nSPS) is 10.5. The molecule has 0 saturated carbocycles. The van der Waals surface area contributed by atoms with Crippen molar-refractivity contribution < 1.29 is 18.9 Å². The van der Waals surface area contributed by atoms with Crippen molar-refractivity contribution in [2.45, 2.75) is 13.8 Å². The first kappa shape index (κ1) is 10.8. The first-order valence-corrected chi connectivity index (χ1v) is 4.80. The molecular weight excluding hydrogens is 167 g/mol. The van der Waals surface area contributed by atoms with Gasteiger partial charge in [0.2, 0.25) is 0 Å². The summed E-state index contributed by atoms with van der Waals surface area (Å²) in [6.45, 7) is 4.53. The maximum absolute atomic E-state index is 10.1. The molecule has 0 amide bonds. The maximum Gasteiger partial charge on any atom is 0.176 e. The van der Waals surface area contributed by atoms with Gasteiger partial charge < -0.3 is 18.9 Å². The van der Waals surface area contributed by atoms with E-state index in [1.165, 1.54) is 0 Å². The Labute approximate surface area is 67.4 Å². The molecule has 5 heteroatoms. The minimum atomic E-state index is -1.26. The van der Waals surface area contributed by atoms with Gasteiger partial charge in [-0.05, 0) is 13.8 Å². The summed E-state index contributed by atoms with van der Waals surface area (Å²) in [5.41, 5.74) is 0. The van der Waals surface area contributed by atoms with E-state index in [1.807, 2.05) is 0 Å². The summed E-state index contributed by atoms with van der Waals surface area (Å²) < 4.78 is 10.0. The monoisotopic (exact) mass is 179 g/mol. The Bertz CT molecular complexity index is 111. The number of carbonyl (C=O) groups excluding carboxylic acids is 1. The Balaban J connectivity index is 3.59. The van der Waals surface area contributed by atoms with Crippen molar-refractivity contribution in [3.63, 3.8) is 0 Å². The van der Waals surface area contributed by atoms with Crippen molar-refractivity contribution >= 4 is 14.3 Å². The fraction of sp³-hybridized carbons (Fsp3) is 0.833. The van der Waals surface area contributed by atoms with Crippen molar-refractivity contribution in [3.05, 3.63) is 0 Å². The van der Waals surface area contributed by atoms with Crippen molar-refractivity contribution in [1.29, 1.82) is 0 Å². The van der Waals surface area contributed by atoms with Crippen LogP contribution in [0.2, 0.25) is 0 Å². The van der Waals surface area contributed by atoms with E-state index >= 15 is 0 Å². The maximum atomic E-state index is 10.1. The van der Waals surface area contributed by atoms with Crippen LogP contribution in [0.3, 0.4) is 0 Å². The summed E-state index contributed by atoms with van der Waals surface area (Å²) >= 11 is 0. The average molecular weight is 179 g/mol. The number of hydrogen-bond donors (Lipinski definition) is 0. The second-order valence-electron chi connectivity index (χ2n) is 1.70. The summed E-state index contributed by atoms with van der Waals surface area (Å²) in [5, 5.41) is 10.1. The fourth-order valence-electron chi connectivity index (χ4n) is 0.522. The van der Waals surface area contributed by atoms with Gasteiger partial charge in [-0.1, -0.05) is 0 Å². The number of aliphatic carboxylic acids is 1. The van der Waals surface area contributed by atoms with Crippen LogP contribution < -0.4 is 5.11 Å². The van der Waals surface area contributed by atoms with E-state index in [4.69, 9.17) is 9.05 Å². The zero-order chi connectivity index (χ0) is 8.69. The van der Waals surface area contributed by atoms with Gasteiger partial charge in [0.05, 0.1) is 25.3 Å². The summed E-state index contributed by atoms with van der Waals surface area (Å²) in [6.07, 6.45) is -0.142. The molecule has 0 aliphatic heterocycles. The van der Waals surface area contributed by atoms with Crippen molar-refractivity contribution in [2.24, 2.45) is 0 Å². The lowest BCUT2D eigenvalue weighted by Gasteiger charge is -2.15. The van der Waals surface area contributed by atoms with Gasteiger partial charge >= 0.3 is 0 Å². The largest absolute Gasteiger partial charge is 0.550 e. The average Bonchev–Trinajstić information content (AvgIpc) is 1.87. The van der Waals surface area contributed by atoms with E-state index in [-0.39, 0.29) is 6.16 Å². The molecule has 0 aromatic carbocycles. The van der Waals surface area contributed by atoms with Crippen LogP contribution in [-0.2, 0) is 13.8 Å². The third-order valence-corrected chi connectivity index (χ3v) is 2.41. The standard InChI is InChI=1S/C6H13O4P/c1-3-9-11(10-4-2)5-6(7)8/h3-5H2,1-2H3,(H,7,8)/p-1. The van der Waals surface area contributed by atoms with E-state index < -0.39 is 14.3 Å². The van der Waals surface area contributed by atoms with Crippen LogP contribution in [-0.4, -0.2) is 25.3 Å². The smallest absolute Gasteiger partial charge is 0.176 e. The lowest BCUT2D eigenvalue weighted by Crippen LogP contribution is -2.25. The molecule has 0 aromatic heterocycles. The number of rotatable bonds is 6. The number of hydrogen-bond acceptors (Lipinski definition) is 4. The number of carboxylic acids is 1. The summed E-state index contributed by atoms with van der Waals surface area (Å²) in [4.78, 5) is 10.1. The molecule has 0 rings (SSSR count). The number of carboxylic acid groups (broad SMARTS) is 1. The third-order valence-electron chi connectivity index (χ3n) is 0.804. The molecule has 11 heavy (non-hydrogen) atoms. The van der Waals surface area contributed by atoms with E-state index in [9.17, 15) is 9.90 Å². The van der Waals surface area contributed by atoms with E-state index in [2.05, 4.69) is 0 Å². The molecule has 0 spiro atoms. The van der Waals surface area contributed by atoms with Gasteiger partial charge in [0.1, 0.15) is 0 Å². The summed E-state index contributed by atoms with van der Waals surface area (Å²) in [7, 11) is -1.26. The van der Waals surface area contributed by atoms with E-state index in [0.29, 0.717) is 13.2 Å². The zero-order valence-corrected chi connectivity index (χ0v) is 7.60. The van der Waals surface area contributed by atoms with Gasteiger partial charge in [-0.3, -0.25) is 0 Å². The predicted molar refractivity (Wildman–Crippen MR) is 40.0 cm³/mol. The number of carbonyl (C=O) groups is 1. The lowest BCUT2D eigenvalue weighted by atomic mass is 10.8. The minimum Gasteiger partial charge on any atom is -0.550 e. The van der Waals surface area contributed by atoms with Gasteiger partial charge in [0.25, 0.3) is 0 Å². The molecule has 0 saturated heterocycles. The van der Waals surface area contributed by atoms with Gasteiger partial charge in [0, 0.05) is 0 Å². The minimum absolute atomic E-state index is 0.142. The second kappa shape index (κ2) is 6.53. The molecule has 0 aromatic rings. The molecule has 0 fully saturated rings. The lowest BCUT2D eigenvalue weighted by molar-refractivity contribution is -0.301. The van der Waals surface area contributed by atoms with Crippen molar-refractivity contribution in [2.75, 3.05) is 19.4 Å². The van der Waals surface area contributed by atoms with Crippen LogP contribution >= 0.6 is 8.38 Å². The van der Waals surface area contributed by atoms with Gasteiger partial charge in [0.15, 0.2) is 8.38 Å². The Hall–Kier alpha value is -0.180. The van der Waals surface area contributed by atoms with Gasteiger partial charge in [-0.15, -0.1) is 0 Å². The zero-order valence-electron chi connectivity index (χ0n) is 6.70. The highest BCUT2D eigenvalue weighted by Crippen LogP contribution is 2.36. The molecule has 0 aliphatic carbocycles. The van der Waals surface area contributed by atoms with Crippen LogP contribution in [0.1, 0.15) is 13.8 Å².